The maximum absolute atomic E-state index is 13.9. The van der Waals surface area contributed by atoms with Gasteiger partial charge in [0.15, 0.2) is 11.9 Å². The van der Waals surface area contributed by atoms with Gasteiger partial charge in [-0.3, -0.25) is 72.3 Å². The minimum absolute atomic E-state index is 0.00310. The van der Waals surface area contributed by atoms with E-state index in [-0.39, 0.29) is 147 Å². The molecule has 0 saturated heterocycles. The summed E-state index contributed by atoms with van der Waals surface area (Å²) >= 11 is 0. The topological polar surface area (TPSA) is 664 Å². The number of aliphatic carboxylic acids is 2. The molecule has 0 bridgehead atoms. The van der Waals surface area contributed by atoms with Crippen LogP contribution in [0.4, 0.5) is 17.7 Å². The summed E-state index contributed by atoms with van der Waals surface area (Å²) in [5, 5.41) is 54.7. The summed E-state index contributed by atoms with van der Waals surface area (Å²) in [4.78, 5) is 184. The number of carboxylic acid groups (broad SMARTS) is 2. The van der Waals surface area contributed by atoms with E-state index < -0.39 is 102 Å². The summed E-state index contributed by atoms with van der Waals surface area (Å²) < 4.78 is 105. The number of fused-ring (bicyclic) bond motifs is 2. The molecule has 10 rings (SSSR count). The molecule has 5 heterocycles. The molecule has 19 N–H and O–H groups in total. The number of aromatic amines is 2. The molecule has 10 aromatic rings. The van der Waals surface area contributed by atoms with Crippen LogP contribution < -0.4 is 84.2 Å². The third-order valence-corrected chi connectivity index (χ3v) is 27.1. The fraction of sp³-hybridized carbons (Fsp3) is 0.398. The van der Waals surface area contributed by atoms with Crippen LogP contribution in [0.2, 0.25) is 0 Å². The Labute approximate surface area is 848 Å². The van der Waals surface area contributed by atoms with Gasteiger partial charge < -0.3 is 97.3 Å². The van der Waals surface area contributed by atoms with Gasteiger partial charge >= 0.3 is 11.9 Å². The molecule has 46 nitrogen and oxygen atoms in total. The summed E-state index contributed by atoms with van der Waals surface area (Å²) in [5.74, 6) is -5.85. The van der Waals surface area contributed by atoms with Crippen molar-refractivity contribution >= 4 is 141 Å². The zero-order valence-electron chi connectivity index (χ0n) is 82.7. The van der Waals surface area contributed by atoms with E-state index >= 15 is 0 Å². The number of sulfonamides is 2. The van der Waals surface area contributed by atoms with Crippen LogP contribution in [0.15, 0.2) is 170 Å². The first-order chi connectivity index (χ1) is 70.1. The Bertz CT molecular complexity index is 6780. The molecule has 0 radical (unpaired) electrons. The van der Waals surface area contributed by atoms with Crippen LogP contribution in [0.3, 0.4) is 0 Å². The van der Waals surface area contributed by atoms with Crippen LogP contribution in [0.25, 0.3) is 21.8 Å². The molecular weight excluding hydrogens is 1970 g/mol. The number of aromatic nitrogens is 7. The van der Waals surface area contributed by atoms with Gasteiger partial charge in [0.25, 0.3) is 27.8 Å². The first-order valence-corrected chi connectivity index (χ1v) is 51.9. The lowest BCUT2D eigenvalue weighted by molar-refractivity contribution is -0.139. The number of imidazole rings is 2. The highest BCUT2D eigenvalue weighted by Gasteiger charge is 2.33. The van der Waals surface area contributed by atoms with Crippen LogP contribution in [0, 0.1) is 41.5 Å². The molecule has 5 aromatic carbocycles. The van der Waals surface area contributed by atoms with Gasteiger partial charge in [-0.05, 0) is 162 Å². The Morgan fingerprint density at radius 1 is 0.476 bits per heavy atom. The van der Waals surface area contributed by atoms with Crippen molar-refractivity contribution in [1.29, 1.82) is 0 Å². The second kappa shape index (κ2) is 57.0. The monoisotopic (exact) mass is 2090 g/mol. The largest absolute Gasteiger partial charge is 0.480 e. The molecule has 49 heteroatoms. The lowest BCUT2D eigenvalue weighted by Crippen LogP contribution is -2.49. The number of pyridine rings is 3. The molecule has 3 atom stereocenters. The smallest absolute Gasteiger partial charge is 0.323 e. The van der Waals surface area contributed by atoms with Crippen molar-refractivity contribution in [3.8, 4) is 0 Å². The molecule has 1 unspecified atom stereocenters. The number of amides is 9. The highest BCUT2D eigenvalue weighted by atomic mass is 32.2. The number of nitrogens with one attached hydrogen (secondary N) is 16. The number of hydrogen-bond acceptors (Lipinski definition) is 28. The molecule has 0 fully saturated rings. The SMILES string of the molecule is CCC(=O)NCCCOCCCNC(=O)CCC(=O)NCCCn1cc(C(=O)NC[C@H](NS(=O)(=O)c2c(C)cc(C)cc2C)C(=O)O)c(=O)c2ccc(CNc3ncc[nH]3)cc21.CCC(NC(=O)c1ccc(N/N=C/c2ccccc2S(=O)(=O)O)nc1)C(=O)NCCCOCCCNC(=O)CCC(=O)NCCCn1cc(C(=O)NC[C@H](NS(=O)(=O)c2c(C)cc(C)cc2C)C(=O)O)c(=O)c2ccc(CNc3ncc[nH]3)cc21. The lowest BCUT2D eigenvalue weighted by Gasteiger charge is -2.19. The van der Waals surface area contributed by atoms with E-state index in [0.717, 1.165) is 22.3 Å². The molecule has 0 saturated carbocycles. The van der Waals surface area contributed by atoms with Crippen molar-refractivity contribution in [3.05, 3.63) is 228 Å². The summed E-state index contributed by atoms with van der Waals surface area (Å²) in [6.45, 7) is 16.8. The predicted octanol–water partition coefficient (Wildman–Crippen LogP) is 5.18. The van der Waals surface area contributed by atoms with Crippen molar-refractivity contribution in [2.24, 2.45) is 5.10 Å². The lowest BCUT2D eigenvalue weighted by atomic mass is 10.1. The molecule has 790 valence electrons. The average Bonchev–Trinajstić information content (AvgIpc) is 1.20. The number of rotatable bonds is 59. The molecule has 5 aromatic heterocycles. The number of carbonyl (C=O) groups is 11. The molecular formula is C98H126N22O24S3. The van der Waals surface area contributed by atoms with E-state index in [0.29, 0.717) is 156 Å². The third kappa shape index (κ3) is 36.6. The fourth-order valence-electron chi connectivity index (χ4n) is 15.5. The Morgan fingerprint density at radius 2 is 0.884 bits per heavy atom. The number of hydrogen-bond donors (Lipinski definition) is 19. The van der Waals surface area contributed by atoms with Crippen molar-refractivity contribution in [2.45, 2.75) is 191 Å². The molecule has 147 heavy (non-hydrogen) atoms. The predicted molar refractivity (Wildman–Crippen MR) is 547 cm³/mol. The minimum atomic E-state index is -4.46. The molecule has 0 aliphatic rings. The number of carboxylic acids is 2. The van der Waals surface area contributed by atoms with E-state index in [2.05, 4.69) is 103 Å². The van der Waals surface area contributed by atoms with Crippen molar-refractivity contribution in [2.75, 3.05) is 94.8 Å². The van der Waals surface area contributed by atoms with E-state index in [9.17, 15) is 102 Å². The number of ether oxygens (including phenoxy) is 2. The summed E-state index contributed by atoms with van der Waals surface area (Å²) in [7, 11) is -13.1. The molecule has 0 spiro atoms. The highest BCUT2D eigenvalue weighted by Crippen LogP contribution is 2.26. The van der Waals surface area contributed by atoms with Crippen LogP contribution >= 0.6 is 0 Å². The van der Waals surface area contributed by atoms with Crippen LogP contribution in [-0.2, 0) is 104 Å². The Hall–Kier alpha value is -15.0. The van der Waals surface area contributed by atoms with Crippen LogP contribution in [0.1, 0.15) is 172 Å². The van der Waals surface area contributed by atoms with Crippen LogP contribution in [0.5, 0.6) is 0 Å². The third-order valence-electron chi connectivity index (χ3n) is 22.6. The van der Waals surface area contributed by atoms with Crippen LogP contribution in [-0.4, -0.2) is 242 Å². The van der Waals surface area contributed by atoms with Gasteiger partial charge in [0.1, 0.15) is 40.0 Å². The normalized spacial score (nSPS) is 12.1. The number of aryl methyl sites for hydroxylation is 8. The highest BCUT2D eigenvalue weighted by molar-refractivity contribution is 7.90. The molecule has 9 amide bonds. The average molecular weight is 2090 g/mol. The van der Waals surface area contributed by atoms with Crippen molar-refractivity contribution < 1.29 is 102 Å². The van der Waals surface area contributed by atoms with Gasteiger partial charge in [-0.2, -0.15) is 23.0 Å². The number of hydrazone groups is 1. The second-order valence-corrected chi connectivity index (χ2v) is 39.0. The number of nitrogens with zero attached hydrogens (tertiary/aromatic N) is 6. The zero-order chi connectivity index (χ0) is 107. The minimum Gasteiger partial charge on any atom is -0.480 e. The summed E-state index contributed by atoms with van der Waals surface area (Å²) in [6, 6.07) is 21.1. The van der Waals surface area contributed by atoms with Gasteiger partial charge in [-0.1, -0.05) is 79.6 Å². The standard InChI is InChI=1S/C56H69N13O14S2.C42H57N9O10S/c1-5-43(66-52(73)40-14-16-47(62-31-40)67-65-32-39-11-6-7-12-46(39)85(80,81)82)54(75)59-21-10-26-83-25-9-20-58-49(71)18-17-48(70)57-19-8-24-69-34-42(50(72)41-15-13-38(29-45(41)69)30-64-56-60-22-23-61-56)53(74)63-33-44(55(76)77)68-84(78,79)51-36(3)27-35(2)28-37(51)4;1-5-35(52)43-14-7-19-61-20-8-15-45-37(54)12-11-36(53)44-13-6-18-51-26-32(38(55)31-10-9-30(23-34(31)51)24-49-42-46-16-17-47-42)40(56)48-25-33(41(57)58)50-62(59,60)39-28(3)21-27(2)22-29(39)4/h6-7,11-16,22-23,27-29,31-32,34,43-44,68H,5,8-10,17-21,24-26,30,33H2,1-4H3,(H,57,70)(H,58,71)(H,59,75)(H,62,67)(H,63,74)(H,66,73)(H,76,77)(H2,60,61,64)(H,80,81,82);9-10,16-17,21-23,26,33,50H,5-8,11-15,18-20,24-25H2,1-4H3,(H,43,52)(H,44,53)(H,45,54)(H,48,56)(H,57,58)(H2,46,47,49)/b65-32+;/t43?,44-;33-/m00/s1. The zero-order valence-corrected chi connectivity index (χ0v) is 85.2. The van der Waals surface area contributed by atoms with Crippen molar-refractivity contribution in [3.63, 3.8) is 0 Å². The molecule has 0 aliphatic carbocycles. The summed E-state index contributed by atoms with van der Waals surface area (Å²) in [5.41, 5.74) is 6.93. The molecule has 0 aliphatic heterocycles. The maximum atomic E-state index is 13.9. The second-order valence-electron chi connectivity index (χ2n) is 34.3. The van der Waals surface area contributed by atoms with Crippen molar-refractivity contribution in [1.82, 2.24) is 91.3 Å². The number of benzene rings is 5. The van der Waals surface area contributed by atoms with E-state index in [1.807, 2.05) is 6.92 Å². The fourth-order valence-corrected chi connectivity index (χ4v) is 19.4. The van der Waals surface area contributed by atoms with E-state index in [4.69, 9.17) is 9.47 Å². The Morgan fingerprint density at radius 3 is 1.27 bits per heavy atom. The maximum Gasteiger partial charge on any atom is 0.323 e. The van der Waals surface area contributed by atoms with Gasteiger partial charge in [-0.15, -0.1) is 0 Å². The van der Waals surface area contributed by atoms with Gasteiger partial charge in [0, 0.05) is 197 Å². The number of carbonyl (C=O) groups excluding carboxylic acids is 9. The first kappa shape index (κ1) is 116. The van der Waals surface area contributed by atoms with Gasteiger partial charge in [0.05, 0.1) is 32.6 Å². The summed E-state index contributed by atoms with van der Waals surface area (Å²) in [6.07, 6.45) is 15.2. The number of anilines is 3. The Kier molecular flexibility index (Phi) is 44.8. The number of H-pyrrole nitrogens is 2. The van der Waals surface area contributed by atoms with E-state index in [1.54, 1.807) is 149 Å². The first-order valence-electron chi connectivity index (χ1n) is 47.5. The quantitative estimate of drug-likeness (QED) is 0.0101. The van der Waals surface area contributed by atoms with Gasteiger partial charge in [-0.25, -0.2) is 31.8 Å². The Balaban J connectivity index is 0.000000344. The van der Waals surface area contributed by atoms with Gasteiger partial charge in [0.2, 0.25) is 66.3 Å². The van der Waals surface area contributed by atoms with E-state index in [1.165, 1.54) is 55.1 Å².